The van der Waals surface area contributed by atoms with Crippen LogP contribution in [0.1, 0.15) is 63.9 Å². The topological polar surface area (TPSA) is 69.7 Å². The Hall–Kier alpha value is -4.12. The predicted octanol–water partition coefficient (Wildman–Crippen LogP) is 5.84. The molecule has 0 aromatic heterocycles. The maximum Gasteiger partial charge on any atom is 0.405 e. The number of nitrogens with zero attached hydrogens (tertiary/aromatic N) is 2. The molecule has 1 saturated heterocycles. The summed E-state index contributed by atoms with van der Waals surface area (Å²) in [6, 6.07) is 14.2. The van der Waals surface area contributed by atoms with Crippen LogP contribution in [0.15, 0.2) is 60.7 Å². The third kappa shape index (κ3) is 5.27. The van der Waals surface area contributed by atoms with Gasteiger partial charge in [0.05, 0.1) is 11.1 Å². The first-order valence-electron chi connectivity index (χ1n) is 14.6. The van der Waals surface area contributed by atoms with E-state index in [-0.39, 0.29) is 35.4 Å². The van der Waals surface area contributed by atoms with E-state index in [1.165, 1.54) is 29.2 Å². The molecule has 6 rings (SSSR count). The van der Waals surface area contributed by atoms with Crippen LogP contribution < -0.4 is 5.32 Å². The Morgan fingerprint density at radius 2 is 1.36 bits per heavy atom. The number of alkyl halides is 3. The molecule has 1 N–H and O–H groups in total. The summed E-state index contributed by atoms with van der Waals surface area (Å²) in [6.07, 6.45) is -2.44. The van der Waals surface area contributed by atoms with Gasteiger partial charge in [0, 0.05) is 19.1 Å². The third-order valence-electron chi connectivity index (χ3n) is 9.03. The zero-order chi connectivity index (χ0) is 31.2. The molecule has 0 bridgehead atoms. The van der Waals surface area contributed by atoms with E-state index in [1.807, 2.05) is 5.32 Å². The number of hydrogen-bond acceptors (Lipinski definition) is 4. The number of carbonyl (C=O) groups excluding carboxylic acids is 3. The number of rotatable bonds is 8. The van der Waals surface area contributed by atoms with Gasteiger partial charge in [-0.2, -0.15) is 13.2 Å². The van der Waals surface area contributed by atoms with E-state index < -0.39 is 35.7 Å². The number of imide groups is 1. The monoisotopic (exact) mass is 611 g/mol. The Labute approximate surface area is 250 Å². The van der Waals surface area contributed by atoms with Gasteiger partial charge < -0.3 is 10.2 Å². The number of piperidine rings is 1. The largest absolute Gasteiger partial charge is 0.405 e. The van der Waals surface area contributed by atoms with E-state index in [4.69, 9.17) is 0 Å². The van der Waals surface area contributed by atoms with Crippen LogP contribution >= 0.6 is 0 Å². The molecule has 0 unspecified atom stereocenters. The first kappa shape index (κ1) is 29.9. The van der Waals surface area contributed by atoms with Crippen LogP contribution in [-0.2, 0) is 10.2 Å². The molecular formula is C33H30F5N3O3. The van der Waals surface area contributed by atoms with Gasteiger partial charge in [-0.15, -0.1) is 0 Å². The van der Waals surface area contributed by atoms with Crippen LogP contribution in [0.3, 0.4) is 0 Å². The lowest BCUT2D eigenvalue weighted by Crippen LogP contribution is -2.48. The van der Waals surface area contributed by atoms with Gasteiger partial charge >= 0.3 is 6.18 Å². The van der Waals surface area contributed by atoms with Crippen molar-refractivity contribution in [2.45, 2.75) is 49.7 Å². The molecule has 1 fully saturated rings. The number of nitrogens with one attached hydrogen (secondary N) is 1. The van der Waals surface area contributed by atoms with Crippen LogP contribution in [0.4, 0.5) is 22.0 Å². The summed E-state index contributed by atoms with van der Waals surface area (Å²) in [4.78, 5) is 42.9. The average Bonchev–Trinajstić information content (AvgIpc) is 3.41. The van der Waals surface area contributed by atoms with Crippen LogP contribution in [0.2, 0.25) is 0 Å². The highest BCUT2D eigenvalue weighted by Crippen LogP contribution is 2.52. The molecule has 1 aliphatic carbocycles. The van der Waals surface area contributed by atoms with Crippen molar-refractivity contribution < 1.29 is 36.3 Å². The van der Waals surface area contributed by atoms with Crippen molar-refractivity contribution in [1.82, 2.24) is 15.1 Å². The SMILES string of the molecule is O=C1c2ccccc2C(=O)N1C1CCN(CCCCC2(C(=O)NCC(F)(F)F)c3cc(F)ccc3-c3ccc(F)cc32)CC1. The Morgan fingerprint density at radius 1 is 0.818 bits per heavy atom. The molecule has 3 aromatic carbocycles. The number of carbonyl (C=O) groups is 3. The van der Waals surface area contributed by atoms with Crippen LogP contribution in [0.5, 0.6) is 0 Å². The zero-order valence-corrected chi connectivity index (χ0v) is 23.7. The number of fused-ring (bicyclic) bond motifs is 4. The molecule has 0 radical (unpaired) electrons. The maximum absolute atomic E-state index is 14.5. The Kier molecular flexibility index (Phi) is 7.77. The predicted molar refractivity (Wildman–Crippen MR) is 152 cm³/mol. The van der Waals surface area contributed by atoms with Crippen LogP contribution in [0.25, 0.3) is 11.1 Å². The molecule has 0 saturated carbocycles. The number of benzene rings is 3. The highest BCUT2D eigenvalue weighted by atomic mass is 19.4. The van der Waals surface area contributed by atoms with Crippen molar-refractivity contribution in [2.75, 3.05) is 26.2 Å². The first-order valence-corrected chi connectivity index (χ1v) is 14.6. The molecule has 3 amide bonds. The molecular weight excluding hydrogens is 581 g/mol. The van der Waals surface area contributed by atoms with Gasteiger partial charge in [0.2, 0.25) is 5.91 Å². The molecule has 0 atom stereocenters. The molecule has 3 aromatic rings. The lowest BCUT2D eigenvalue weighted by Gasteiger charge is -2.36. The highest BCUT2D eigenvalue weighted by Gasteiger charge is 2.50. The molecule has 11 heteroatoms. The normalized spacial score (nSPS) is 17.9. The summed E-state index contributed by atoms with van der Waals surface area (Å²) in [5.41, 5.74) is 0.557. The van der Waals surface area contributed by atoms with Crippen molar-refractivity contribution in [3.05, 3.63) is 94.6 Å². The van der Waals surface area contributed by atoms with Gasteiger partial charge in [-0.25, -0.2) is 8.78 Å². The van der Waals surface area contributed by atoms with Gasteiger partial charge in [0.15, 0.2) is 0 Å². The molecule has 3 aliphatic rings. The van der Waals surface area contributed by atoms with Crippen molar-refractivity contribution in [2.24, 2.45) is 0 Å². The Morgan fingerprint density at radius 3 is 1.89 bits per heavy atom. The van der Waals surface area contributed by atoms with Crippen molar-refractivity contribution in [1.29, 1.82) is 0 Å². The lowest BCUT2D eigenvalue weighted by molar-refractivity contribution is -0.141. The maximum atomic E-state index is 14.5. The second-order valence-electron chi connectivity index (χ2n) is 11.6. The number of likely N-dealkylation sites (tertiary alicyclic amines) is 1. The molecule has 44 heavy (non-hydrogen) atoms. The van der Waals surface area contributed by atoms with Crippen molar-refractivity contribution in [3.63, 3.8) is 0 Å². The quantitative estimate of drug-likeness (QED) is 0.198. The van der Waals surface area contributed by atoms with Crippen molar-refractivity contribution in [3.8, 4) is 11.1 Å². The average molecular weight is 612 g/mol. The molecule has 2 heterocycles. The molecule has 2 aliphatic heterocycles. The molecule has 6 nitrogen and oxygen atoms in total. The Balaban J connectivity index is 1.14. The van der Waals surface area contributed by atoms with Crippen LogP contribution in [-0.4, -0.2) is 65.9 Å². The summed E-state index contributed by atoms with van der Waals surface area (Å²) < 4.78 is 68.4. The second kappa shape index (κ2) is 11.4. The van der Waals surface area contributed by atoms with E-state index in [0.717, 1.165) is 12.1 Å². The fourth-order valence-electron chi connectivity index (χ4n) is 6.98. The number of hydrogen-bond donors (Lipinski definition) is 1. The van der Waals surface area contributed by atoms with Gasteiger partial charge in [0.1, 0.15) is 23.6 Å². The van der Waals surface area contributed by atoms with Gasteiger partial charge in [-0.3, -0.25) is 19.3 Å². The molecule has 230 valence electrons. The lowest BCUT2D eigenvalue weighted by atomic mass is 9.73. The standard InChI is InChI=1S/C33H30F5N3O3/c34-20-7-9-23-24-10-8-21(35)18-28(24)32(27(23)17-20,31(44)39-19-33(36,37)38)13-3-4-14-40-15-11-22(12-16-40)41-29(42)25-5-1-2-6-26(25)30(41)43/h1-2,5-10,17-18,22H,3-4,11-16,19H2,(H,39,44). The minimum Gasteiger partial charge on any atom is -0.346 e. The van der Waals surface area contributed by atoms with Gasteiger partial charge in [-0.05, 0) is 90.9 Å². The number of halogens is 5. The highest BCUT2D eigenvalue weighted by molar-refractivity contribution is 6.21. The summed E-state index contributed by atoms with van der Waals surface area (Å²) in [6.45, 7) is 0.320. The van der Waals surface area contributed by atoms with E-state index in [2.05, 4.69) is 4.90 Å². The smallest absolute Gasteiger partial charge is 0.346 e. The first-order chi connectivity index (χ1) is 21.0. The summed E-state index contributed by atoms with van der Waals surface area (Å²) in [7, 11) is 0. The van der Waals surface area contributed by atoms with Crippen LogP contribution in [0, 0.1) is 11.6 Å². The second-order valence-corrected chi connectivity index (χ2v) is 11.6. The number of amides is 3. The van der Waals surface area contributed by atoms with E-state index in [1.54, 1.807) is 24.3 Å². The molecule has 0 spiro atoms. The third-order valence-corrected chi connectivity index (χ3v) is 9.03. The summed E-state index contributed by atoms with van der Waals surface area (Å²) >= 11 is 0. The fourth-order valence-corrected chi connectivity index (χ4v) is 6.98. The van der Waals surface area contributed by atoms with E-state index in [9.17, 15) is 36.3 Å². The minimum atomic E-state index is -4.66. The summed E-state index contributed by atoms with van der Waals surface area (Å²) in [5, 5.41) is 1.98. The zero-order valence-electron chi connectivity index (χ0n) is 23.7. The van der Waals surface area contributed by atoms with Gasteiger partial charge in [-0.1, -0.05) is 30.7 Å². The number of unbranched alkanes of at least 4 members (excludes halogenated alkanes) is 1. The van der Waals surface area contributed by atoms with E-state index >= 15 is 0 Å². The Bertz CT molecular complexity index is 1540. The minimum absolute atomic E-state index is 0.0507. The fraction of sp³-hybridized carbons (Fsp3) is 0.364. The van der Waals surface area contributed by atoms with Crippen molar-refractivity contribution >= 4 is 17.7 Å². The van der Waals surface area contributed by atoms with Gasteiger partial charge in [0.25, 0.3) is 11.8 Å². The summed E-state index contributed by atoms with van der Waals surface area (Å²) in [5.74, 6) is -2.80. The van der Waals surface area contributed by atoms with E-state index in [0.29, 0.717) is 67.6 Å².